The average molecular weight is 570 g/mol. The summed E-state index contributed by atoms with van der Waals surface area (Å²) < 4.78 is 17.0. The van der Waals surface area contributed by atoms with Crippen LogP contribution in [-0.4, -0.2) is 48.4 Å². The highest BCUT2D eigenvalue weighted by Crippen LogP contribution is 2.30. The van der Waals surface area contributed by atoms with E-state index in [1.54, 1.807) is 12.1 Å². The number of benzene rings is 2. The fourth-order valence-electron chi connectivity index (χ4n) is 3.05. The molecular formula is C22H25ClIN5O3. The summed E-state index contributed by atoms with van der Waals surface area (Å²) in [4.78, 5) is 9.05. The van der Waals surface area contributed by atoms with E-state index in [1.165, 1.54) is 0 Å². The Hall–Kier alpha value is -2.53. The normalized spacial score (nSPS) is 15.1. The van der Waals surface area contributed by atoms with Crippen molar-refractivity contribution < 1.29 is 14.0 Å². The van der Waals surface area contributed by atoms with Gasteiger partial charge in [-0.25, -0.2) is 4.99 Å². The van der Waals surface area contributed by atoms with Crippen molar-refractivity contribution in [1.82, 2.24) is 20.8 Å². The number of rotatable bonds is 7. The lowest BCUT2D eigenvalue weighted by Crippen LogP contribution is -2.40. The molecule has 3 aromatic rings. The van der Waals surface area contributed by atoms with Gasteiger partial charge in [0.2, 0.25) is 11.7 Å². The summed E-state index contributed by atoms with van der Waals surface area (Å²) in [7, 11) is 0. The highest BCUT2D eigenvalue weighted by molar-refractivity contribution is 14.0. The van der Waals surface area contributed by atoms with E-state index in [0.29, 0.717) is 48.8 Å². The summed E-state index contributed by atoms with van der Waals surface area (Å²) in [6, 6.07) is 15.0. The summed E-state index contributed by atoms with van der Waals surface area (Å²) in [5.74, 6) is 3.31. The van der Waals surface area contributed by atoms with Crippen LogP contribution in [0.15, 0.2) is 58.0 Å². The third kappa shape index (κ3) is 6.49. The number of hydrogen-bond acceptors (Lipinski definition) is 6. The van der Waals surface area contributed by atoms with Crippen LogP contribution in [0, 0.1) is 0 Å². The predicted octanol–water partition coefficient (Wildman–Crippen LogP) is 3.95. The van der Waals surface area contributed by atoms with Crippen molar-refractivity contribution in [2.75, 3.05) is 26.2 Å². The Balaban J connectivity index is 0.00000289. The Morgan fingerprint density at radius 1 is 1.12 bits per heavy atom. The number of aliphatic imine (C=N–C) groups is 1. The van der Waals surface area contributed by atoms with E-state index in [4.69, 9.17) is 25.6 Å². The molecule has 2 aromatic carbocycles. The van der Waals surface area contributed by atoms with Gasteiger partial charge in [-0.2, -0.15) is 4.98 Å². The first-order valence-electron chi connectivity index (χ1n) is 10.2. The first-order chi connectivity index (χ1) is 15.2. The van der Waals surface area contributed by atoms with E-state index in [9.17, 15) is 0 Å². The van der Waals surface area contributed by atoms with Gasteiger partial charge >= 0.3 is 0 Å². The molecule has 1 atom stereocenters. The second-order valence-corrected chi connectivity index (χ2v) is 7.35. The Bertz CT molecular complexity index is 1030. The number of fused-ring (bicyclic) bond motifs is 1. The molecule has 2 N–H and O–H groups in total. The molecular weight excluding hydrogens is 545 g/mol. The summed E-state index contributed by atoms with van der Waals surface area (Å²) in [6.07, 6.45) is 0.435. The van der Waals surface area contributed by atoms with Gasteiger partial charge in [0, 0.05) is 30.1 Å². The average Bonchev–Trinajstić information content (AvgIpc) is 3.26. The summed E-state index contributed by atoms with van der Waals surface area (Å²) >= 11 is 5.92. The zero-order valence-electron chi connectivity index (χ0n) is 17.6. The van der Waals surface area contributed by atoms with Crippen LogP contribution in [0.1, 0.15) is 12.8 Å². The van der Waals surface area contributed by atoms with Crippen molar-refractivity contribution in [2.45, 2.75) is 19.4 Å². The van der Waals surface area contributed by atoms with Gasteiger partial charge in [0.1, 0.15) is 6.61 Å². The van der Waals surface area contributed by atoms with Crippen molar-refractivity contribution in [1.29, 1.82) is 0 Å². The molecule has 1 aliphatic rings. The molecule has 0 saturated heterocycles. The second-order valence-electron chi connectivity index (χ2n) is 6.91. The van der Waals surface area contributed by atoms with Crippen LogP contribution in [0.5, 0.6) is 11.5 Å². The maximum Gasteiger partial charge on any atom is 0.228 e. The molecule has 0 amide bonds. The number of nitrogens with zero attached hydrogens (tertiary/aromatic N) is 3. The summed E-state index contributed by atoms with van der Waals surface area (Å²) in [5.41, 5.74) is 0.860. The topological polar surface area (TPSA) is 93.8 Å². The highest BCUT2D eigenvalue weighted by atomic mass is 127. The maximum atomic E-state index is 5.96. The molecule has 0 radical (unpaired) electrons. The fourth-order valence-corrected chi connectivity index (χ4v) is 3.17. The third-order valence-corrected chi connectivity index (χ3v) is 4.82. The van der Waals surface area contributed by atoms with Gasteiger partial charge in [-0.15, -0.1) is 24.0 Å². The molecule has 32 heavy (non-hydrogen) atoms. The Morgan fingerprint density at radius 2 is 1.91 bits per heavy atom. The van der Waals surface area contributed by atoms with Crippen LogP contribution in [0.4, 0.5) is 0 Å². The fraction of sp³-hybridized carbons (Fsp3) is 0.318. The Kier molecular flexibility index (Phi) is 8.98. The standard InChI is InChI=1S/C22H24ClN5O3.HI/c1-2-24-22(26-13-17-14-29-18-5-3-4-6-19(18)30-17)25-12-11-20-27-21(28-31-20)15-7-9-16(23)10-8-15;/h3-10,17H,2,11-14H2,1H3,(H2,24,25,26);1H. The lowest BCUT2D eigenvalue weighted by atomic mass is 10.2. The van der Waals surface area contributed by atoms with E-state index in [0.717, 1.165) is 23.6 Å². The smallest absolute Gasteiger partial charge is 0.228 e. The first kappa shape index (κ1) is 24.1. The van der Waals surface area contributed by atoms with Crippen LogP contribution in [0.3, 0.4) is 0 Å². The van der Waals surface area contributed by atoms with Crippen molar-refractivity contribution >= 4 is 41.5 Å². The number of nitrogens with one attached hydrogen (secondary N) is 2. The van der Waals surface area contributed by atoms with E-state index < -0.39 is 0 Å². The molecule has 2 heterocycles. The number of aromatic nitrogens is 2. The summed E-state index contributed by atoms with van der Waals surface area (Å²) in [5, 5.41) is 11.2. The molecule has 8 nitrogen and oxygen atoms in total. The zero-order chi connectivity index (χ0) is 21.5. The molecule has 1 aliphatic heterocycles. The largest absolute Gasteiger partial charge is 0.486 e. The molecule has 10 heteroatoms. The van der Waals surface area contributed by atoms with Gasteiger partial charge in [0.05, 0.1) is 6.54 Å². The molecule has 170 valence electrons. The molecule has 0 spiro atoms. The van der Waals surface area contributed by atoms with E-state index in [1.807, 2.05) is 43.3 Å². The minimum absolute atomic E-state index is 0. The van der Waals surface area contributed by atoms with Gasteiger partial charge in [-0.3, -0.25) is 0 Å². The van der Waals surface area contributed by atoms with Crippen molar-refractivity contribution in [2.24, 2.45) is 4.99 Å². The Morgan fingerprint density at radius 3 is 2.69 bits per heavy atom. The third-order valence-electron chi connectivity index (χ3n) is 4.57. The van der Waals surface area contributed by atoms with Gasteiger partial charge in [0.15, 0.2) is 23.6 Å². The SMILES string of the molecule is CCNC(=NCC1COc2ccccc2O1)NCCc1nc(-c2ccc(Cl)cc2)no1.I. The number of hydrogen-bond donors (Lipinski definition) is 2. The van der Waals surface area contributed by atoms with E-state index in [2.05, 4.69) is 25.8 Å². The minimum Gasteiger partial charge on any atom is -0.486 e. The van der Waals surface area contributed by atoms with Gasteiger partial charge in [-0.05, 0) is 43.3 Å². The van der Waals surface area contributed by atoms with Crippen LogP contribution in [-0.2, 0) is 6.42 Å². The van der Waals surface area contributed by atoms with Crippen LogP contribution in [0.2, 0.25) is 5.02 Å². The Labute approximate surface area is 208 Å². The van der Waals surface area contributed by atoms with Gasteiger partial charge < -0.3 is 24.6 Å². The second kappa shape index (κ2) is 11.9. The summed E-state index contributed by atoms with van der Waals surface area (Å²) in [6.45, 7) is 4.31. The predicted molar refractivity (Wildman–Crippen MR) is 134 cm³/mol. The van der Waals surface area contributed by atoms with Crippen LogP contribution in [0.25, 0.3) is 11.4 Å². The monoisotopic (exact) mass is 569 g/mol. The molecule has 1 unspecified atom stereocenters. The molecule has 0 fully saturated rings. The molecule has 0 aliphatic carbocycles. The number of guanidine groups is 1. The quantitative estimate of drug-likeness (QED) is 0.253. The lowest BCUT2D eigenvalue weighted by molar-refractivity contribution is 0.0971. The zero-order valence-corrected chi connectivity index (χ0v) is 20.7. The van der Waals surface area contributed by atoms with Crippen molar-refractivity contribution in [3.05, 3.63) is 59.4 Å². The van der Waals surface area contributed by atoms with Crippen molar-refractivity contribution in [3.8, 4) is 22.9 Å². The number of para-hydroxylation sites is 2. The van der Waals surface area contributed by atoms with E-state index >= 15 is 0 Å². The van der Waals surface area contributed by atoms with Crippen LogP contribution < -0.4 is 20.1 Å². The number of ether oxygens (including phenoxy) is 2. The minimum atomic E-state index is -0.136. The number of halogens is 2. The molecule has 1 aromatic heterocycles. The lowest BCUT2D eigenvalue weighted by Gasteiger charge is -2.25. The van der Waals surface area contributed by atoms with Gasteiger partial charge in [-0.1, -0.05) is 28.9 Å². The van der Waals surface area contributed by atoms with E-state index in [-0.39, 0.29) is 30.1 Å². The maximum absolute atomic E-state index is 5.96. The van der Waals surface area contributed by atoms with Crippen LogP contribution >= 0.6 is 35.6 Å². The first-order valence-corrected chi connectivity index (χ1v) is 10.6. The van der Waals surface area contributed by atoms with Crippen molar-refractivity contribution in [3.63, 3.8) is 0 Å². The molecule has 4 rings (SSSR count). The van der Waals surface area contributed by atoms with Gasteiger partial charge in [0.25, 0.3) is 0 Å². The highest BCUT2D eigenvalue weighted by Gasteiger charge is 2.20. The molecule has 0 saturated carbocycles. The molecule has 0 bridgehead atoms.